The van der Waals surface area contributed by atoms with Gasteiger partial charge in [0, 0.05) is 39.3 Å². The number of carbonyl (C=O) groups excluding carboxylic acids is 1. The highest BCUT2D eigenvalue weighted by Gasteiger charge is 2.22. The molecule has 1 aliphatic rings. The van der Waals surface area contributed by atoms with Gasteiger partial charge in [0.2, 0.25) is 0 Å². The van der Waals surface area contributed by atoms with Gasteiger partial charge in [0.05, 0.1) is 5.69 Å². The van der Waals surface area contributed by atoms with Crippen molar-refractivity contribution in [2.24, 2.45) is 5.92 Å². The van der Waals surface area contributed by atoms with Gasteiger partial charge in [0.15, 0.2) is 0 Å². The minimum atomic E-state index is -0.255. The van der Waals surface area contributed by atoms with Gasteiger partial charge in [0.25, 0.3) is 0 Å². The van der Waals surface area contributed by atoms with E-state index in [1.54, 1.807) is 11.0 Å². The summed E-state index contributed by atoms with van der Waals surface area (Å²) in [6.07, 6.45) is 1.66. The molecule has 1 fully saturated rings. The van der Waals surface area contributed by atoms with Crippen molar-refractivity contribution in [3.63, 3.8) is 0 Å². The summed E-state index contributed by atoms with van der Waals surface area (Å²) in [6, 6.07) is 5.00. The normalized spacial score (nSPS) is 15.4. The fourth-order valence-corrected chi connectivity index (χ4v) is 3.09. The number of aliphatic hydroxyl groups excluding tert-OH is 1. The Morgan fingerprint density at radius 1 is 1.33 bits per heavy atom. The zero-order valence-corrected chi connectivity index (χ0v) is 14.6. The number of anilines is 1. The summed E-state index contributed by atoms with van der Waals surface area (Å²) >= 11 is 0. The van der Waals surface area contributed by atoms with Gasteiger partial charge in [-0.05, 0) is 50.3 Å². The summed E-state index contributed by atoms with van der Waals surface area (Å²) in [6.45, 7) is 7.33. The fraction of sp³-hybridized carbons (Fsp3) is 0.611. The number of halogens is 1. The van der Waals surface area contributed by atoms with Crippen LogP contribution in [0.2, 0.25) is 0 Å². The number of nitrogens with one attached hydrogen (secondary N) is 1. The largest absolute Gasteiger partial charge is 0.396 e. The van der Waals surface area contributed by atoms with E-state index in [4.69, 9.17) is 5.11 Å². The van der Waals surface area contributed by atoms with Crippen LogP contribution < -0.4 is 10.2 Å². The number of piperidine rings is 1. The van der Waals surface area contributed by atoms with E-state index in [2.05, 4.69) is 5.32 Å². The maximum absolute atomic E-state index is 14.2. The number of likely N-dealkylation sites (tertiary alicyclic amines) is 1. The Morgan fingerprint density at radius 3 is 2.54 bits per heavy atom. The third-order valence-corrected chi connectivity index (χ3v) is 4.72. The molecule has 24 heavy (non-hydrogen) atoms. The van der Waals surface area contributed by atoms with Crippen molar-refractivity contribution in [2.45, 2.75) is 33.2 Å². The molecule has 0 unspecified atom stereocenters. The van der Waals surface area contributed by atoms with Crippen molar-refractivity contribution in [3.8, 4) is 0 Å². The van der Waals surface area contributed by atoms with Crippen molar-refractivity contribution < 1.29 is 14.3 Å². The smallest absolute Gasteiger partial charge is 0.317 e. The molecule has 6 heteroatoms. The summed E-state index contributed by atoms with van der Waals surface area (Å²) in [4.78, 5) is 15.9. The molecule has 0 atom stereocenters. The maximum atomic E-state index is 14.2. The molecule has 5 nitrogen and oxygen atoms in total. The van der Waals surface area contributed by atoms with Gasteiger partial charge in [-0.25, -0.2) is 9.18 Å². The molecule has 1 saturated heterocycles. The monoisotopic (exact) mass is 337 g/mol. The number of nitrogens with zero attached hydrogens (tertiary/aromatic N) is 2. The van der Waals surface area contributed by atoms with E-state index in [1.807, 2.05) is 24.8 Å². The van der Waals surface area contributed by atoms with Crippen LogP contribution in [0.1, 0.15) is 32.3 Å². The predicted octanol–water partition coefficient (Wildman–Crippen LogP) is 2.59. The first-order valence-corrected chi connectivity index (χ1v) is 8.76. The molecular formula is C18H28FN3O2. The number of amides is 2. The molecule has 134 valence electrons. The average molecular weight is 337 g/mol. The van der Waals surface area contributed by atoms with E-state index < -0.39 is 0 Å². The summed E-state index contributed by atoms with van der Waals surface area (Å²) < 4.78 is 14.2. The van der Waals surface area contributed by atoms with Crippen LogP contribution in [0.25, 0.3) is 0 Å². The average Bonchev–Trinajstić information content (AvgIpc) is 2.62. The lowest BCUT2D eigenvalue weighted by molar-refractivity contribution is 0.137. The minimum Gasteiger partial charge on any atom is -0.396 e. The molecule has 1 heterocycles. The fourth-order valence-electron chi connectivity index (χ4n) is 3.09. The van der Waals surface area contributed by atoms with Gasteiger partial charge in [-0.3, -0.25) is 0 Å². The second kappa shape index (κ2) is 8.87. The number of carbonyl (C=O) groups is 1. The lowest BCUT2D eigenvalue weighted by atomic mass is 9.98. The number of hydrogen-bond donors (Lipinski definition) is 2. The zero-order valence-electron chi connectivity index (χ0n) is 14.6. The van der Waals surface area contributed by atoms with E-state index >= 15 is 0 Å². The second-order valence-electron chi connectivity index (χ2n) is 6.23. The lowest BCUT2D eigenvalue weighted by Gasteiger charge is -2.31. The zero-order chi connectivity index (χ0) is 17.5. The molecule has 0 bridgehead atoms. The molecule has 2 N–H and O–H groups in total. The molecule has 0 saturated carbocycles. The van der Waals surface area contributed by atoms with Gasteiger partial charge in [-0.1, -0.05) is 6.07 Å². The predicted molar refractivity (Wildman–Crippen MR) is 93.6 cm³/mol. The van der Waals surface area contributed by atoms with Crippen LogP contribution in [0.15, 0.2) is 18.2 Å². The Kier molecular flexibility index (Phi) is 6.85. The minimum absolute atomic E-state index is 0.125. The highest BCUT2D eigenvalue weighted by atomic mass is 19.1. The van der Waals surface area contributed by atoms with E-state index in [1.165, 1.54) is 6.07 Å². The van der Waals surface area contributed by atoms with Gasteiger partial charge in [-0.2, -0.15) is 0 Å². The standard InChI is InChI=1S/C18H28FN3O2/c1-3-21(4-2)17-6-5-15(11-16(17)19)12-20-18(24)22-9-7-14(13-23)8-10-22/h5-6,11,14,23H,3-4,7-10,12-13H2,1-2H3,(H,20,24). The van der Waals surface area contributed by atoms with Crippen LogP contribution >= 0.6 is 0 Å². The van der Waals surface area contributed by atoms with Crippen molar-refractivity contribution in [1.29, 1.82) is 0 Å². The van der Waals surface area contributed by atoms with E-state index in [0.29, 0.717) is 31.2 Å². The van der Waals surface area contributed by atoms with E-state index in [9.17, 15) is 9.18 Å². The summed E-state index contributed by atoms with van der Waals surface area (Å²) in [5, 5.41) is 12.0. The molecule has 2 amide bonds. The Hall–Kier alpha value is -1.82. The molecule has 0 aromatic heterocycles. The van der Waals surface area contributed by atoms with Crippen molar-refractivity contribution >= 4 is 11.7 Å². The summed E-state index contributed by atoms with van der Waals surface area (Å²) in [5.74, 6) is 0.0463. The summed E-state index contributed by atoms with van der Waals surface area (Å²) in [5.41, 5.74) is 1.35. The molecule has 0 radical (unpaired) electrons. The Morgan fingerprint density at radius 2 is 2.00 bits per heavy atom. The molecule has 0 spiro atoms. The topological polar surface area (TPSA) is 55.8 Å². The highest BCUT2D eigenvalue weighted by molar-refractivity contribution is 5.74. The van der Waals surface area contributed by atoms with Crippen molar-refractivity contribution in [3.05, 3.63) is 29.6 Å². The Labute approximate surface area is 143 Å². The van der Waals surface area contributed by atoms with Gasteiger partial charge < -0.3 is 20.2 Å². The Balaban J connectivity index is 1.88. The van der Waals surface area contributed by atoms with Crippen LogP contribution in [0.4, 0.5) is 14.9 Å². The number of rotatable bonds is 6. The van der Waals surface area contributed by atoms with Crippen LogP contribution in [-0.4, -0.2) is 48.8 Å². The third-order valence-electron chi connectivity index (χ3n) is 4.72. The number of hydrogen-bond acceptors (Lipinski definition) is 3. The first-order chi connectivity index (χ1) is 11.6. The van der Waals surface area contributed by atoms with E-state index in [-0.39, 0.29) is 18.5 Å². The molecule has 1 aliphatic heterocycles. The van der Waals surface area contributed by atoms with Crippen LogP contribution in [-0.2, 0) is 6.54 Å². The van der Waals surface area contributed by atoms with Crippen LogP contribution in [0.3, 0.4) is 0 Å². The molecule has 2 rings (SSSR count). The van der Waals surface area contributed by atoms with Gasteiger partial charge in [0.1, 0.15) is 5.82 Å². The van der Waals surface area contributed by atoms with Crippen LogP contribution in [0.5, 0.6) is 0 Å². The lowest BCUT2D eigenvalue weighted by Crippen LogP contribution is -2.44. The number of benzene rings is 1. The maximum Gasteiger partial charge on any atom is 0.317 e. The molecular weight excluding hydrogens is 309 g/mol. The summed E-state index contributed by atoms with van der Waals surface area (Å²) in [7, 11) is 0. The van der Waals surface area contributed by atoms with Gasteiger partial charge >= 0.3 is 6.03 Å². The first kappa shape index (κ1) is 18.5. The molecule has 1 aromatic carbocycles. The number of aliphatic hydroxyl groups is 1. The third kappa shape index (κ3) is 4.60. The van der Waals surface area contributed by atoms with Crippen molar-refractivity contribution in [1.82, 2.24) is 10.2 Å². The quantitative estimate of drug-likeness (QED) is 0.839. The molecule has 1 aromatic rings. The van der Waals surface area contributed by atoms with E-state index in [0.717, 1.165) is 31.5 Å². The Bertz CT molecular complexity index is 541. The first-order valence-electron chi connectivity index (χ1n) is 8.76. The second-order valence-corrected chi connectivity index (χ2v) is 6.23. The SMILES string of the molecule is CCN(CC)c1ccc(CNC(=O)N2CCC(CO)CC2)cc1F. The highest BCUT2D eigenvalue weighted by Crippen LogP contribution is 2.20. The van der Waals surface area contributed by atoms with Gasteiger partial charge in [-0.15, -0.1) is 0 Å². The number of urea groups is 1. The van der Waals surface area contributed by atoms with Crippen LogP contribution in [0, 0.1) is 11.7 Å². The van der Waals surface area contributed by atoms with Crippen molar-refractivity contribution in [2.75, 3.05) is 37.7 Å². The molecule has 0 aliphatic carbocycles.